The summed E-state index contributed by atoms with van der Waals surface area (Å²) in [7, 11) is 0. The number of nitrogens with two attached hydrogens (primary N) is 1. The Morgan fingerprint density at radius 2 is 1.76 bits per heavy atom. The summed E-state index contributed by atoms with van der Waals surface area (Å²) >= 11 is 0. The highest BCUT2D eigenvalue weighted by Gasteiger charge is 2.31. The van der Waals surface area contributed by atoms with Gasteiger partial charge in [-0.05, 0) is 42.7 Å². The van der Waals surface area contributed by atoms with Gasteiger partial charge in [0.2, 0.25) is 0 Å². The van der Waals surface area contributed by atoms with Crippen LogP contribution in [0.3, 0.4) is 0 Å². The van der Waals surface area contributed by atoms with Gasteiger partial charge in [-0.25, -0.2) is 15.4 Å². The topological polar surface area (TPSA) is 63.8 Å². The third kappa shape index (κ3) is 3.37. The molecule has 0 spiro atoms. The first-order chi connectivity index (χ1) is 9.82. The van der Waals surface area contributed by atoms with E-state index in [1.165, 1.54) is 6.07 Å². The summed E-state index contributed by atoms with van der Waals surface area (Å²) < 4.78 is 38.1. The molecular weight excluding hydrogens is 281 g/mol. The second kappa shape index (κ2) is 5.79. The second-order valence-electron chi connectivity index (χ2n) is 4.79. The van der Waals surface area contributed by atoms with Crippen molar-refractivity contribution in [1.82, 2.24) is 15.4 Å². The number of halogens is 3. The van der Waals surface area contributed by atoms with Crippen molar-refractivity contribution < 1.29 is 13.2 Å². The molecule has 4 nitrogen and oxygen atoms in total. The lowest BCUT2D eigenvalue weighted by molar-refractivity contribution is -0.137. The largest absolute Gasteiger partial charge is 0.416 e. The molecule has 7 heteroatoms. The van der Waals surface area contributed by atoms with Crippen molar-refractivity contribution in [3.63, 3.8) is 0 Å². The Kier molecular flexibility index (Phi) is 4.24. The van der Waals surface area contributed by atoms with Crippen LogP contribution in [0.25, 0.3) is 0 Å². The number of hydrogen-bond acceptors (Lipinski definition) is 4. The molecule has 1 unspecified atom stereocenters. The second-order valence-corrected chi connectivity index (χ2v) is 4.79. The molecule has 0 fully saturated rings. The summed E-state index contributed by atoms with van der Waals surface area (Å²) in [6.07, 6.45) is -1.10. The number of nitrogens with one attached hydrogen (secondary N) is 1. The molecular formula is C14H15F3N4. The first-order valence-electron chi connectivity index (χ1n) is 6.25. The lowest BCUT2D eigenvalue weighted by Crippen LogP contribution is -2.31. The molecule has 0 saturated carbocycles. The predicted octanol–water partition coefficient (Wildman–Crippen LogP) is 2.66. The van der Waals surface area contributed by atoms with Gasteiger partial charge in [-0.15, -0.1) is 0 Å². The van der Waals surface area contributed by atoms with Gasteiger partial charge in [-0.2, -0.15) is 13.2 Å². The third-order valence-electron chi connectivity index (χ3n) is 3.13. The molecule has 1 aromatic carbocycles. The molecule has 2 rings (SSSR count). The maximum atomic E-state index is 12.7. The lowest BCUT2D eigenvalue weighted by Gasteiger charge is -2.18. The molecule has 0 bridgehead atoms. The Balaban J connectivity index is 2.41. The van der Waals surface area contributed by atoms with E-state index >= 15 is 0 Å². The molecule has 1 aromatic heterocycles. The lowest BCUT2D eigenvalue weighted by atomic mass is 9.98. The van der Waals surface area contributed by atoms with Crippen molar-refractivity contribution in [2.45, 2.75) is 26.1 Å². The van der Waals surface area contributed by atoms with E-state index in [0.717, 1.165) is 17.7 Å². The van der Waals surface area contributed by atoms with Gasteiger partial charge in [0, 0.05) is 12.4 Å². The number of hydrogen-bond donors (Lipinski definition) is 2. The van der Waals surface area contributed by atoms with Crippen LogP contribution in [0.5, 0.6) is 0 Å². The summed E-state index contributed by atoms with van der Waals surface area (Å²) in [5, 5.41) is 0. The molecule has 21 heavy (non-hydrogen) atoms. The zero-order chi connectivity index (χ0) is 15.6. The SMILES string of the molecule is Cc1cnc(C(NN)c2ccc(C(F)(F)F)cc2C)nc1. The summed E-state index contributed by atoms with van der Waals surface area (Å²) in [6.45, 7) is 3.45. The fourth-order valence-electron chi connectivity index (χ4n) is 2.03. The van der Waals surface area contributed by atoms with Crippen LogP contribution in [0.2, 0.25) is 0 Å². The number of aromatic nitrogens is 2. The minimum absolute atomic E-state index is 0.408. The Bertz CT molecular complexity index is 623. The van der Waals surface area contributed by atoms with Crippen molar-refractivity contribution in [3.8, 4) is 0 Å². The van der Waals surface area contributed by atoms with Crippen LogP contribution in [-0.4, -0.2) is 9.97 Å². The average molecular weight is 296 g/mol. The monoisotopic (exact) mass is 296 g/mol. The number of rotatable bonds is 3. The minimum atomic E-state index is -4.37. The molecule has 1 atom stereocenters. The van der Waals surface area contributed by atoms with E-state index in [1.54, 1.807) is 19.3 Å². The van der Waals surface area contributed by atoms with E-state index in [9.17, 15) is 13.2 Å². The van der Waals surface area contributed by atoms with E-state index in [2.05, 4.69) is 15.4 Å². The van der Waals surface area contributed by atoms with Crippen LogP contribution in [0.1, 0.15) is 34.1 Å². The van der Waals surface area contributed by atoms with Gasteiger partial charge in [0.25, 0.3) is 0 Å². The standard InChI is InChI=1S/C14H15F3N4/c1-8-6-19-13(20-7-8)12(21-18)11-4-3-10(5-9(11)2)14(15,16)17/h3-7,12,21H,18H2,1-2H3. The maximum Gasteiger partial charge on any atom is 0.416 e. The van der Waals surface area contributed by atoms with Gasteiger partial charge in [0.05, 0.1) is 5.56 Å². The van der Waals surface area contributed by atoms with E-state index in [0.29, 0.717) is 17.0 Å². The highest BCUT2D eigenvalue weighted by molar-refractivity contribution is 5.37. The molecule has 112 valence electrons. The van der Waals surface area contributed by atoms with Crippen molar-refractivity contribution in [3.05, 3.63) is 58.7 Å². The summed E-state index contributed by atoms with van der Waals surface area (Å²) in [4.78, 5) is 8.32. The minimum Gasteiger partial charge on any atom is -0.270 e. The fraction of sp³-hybridized carbons (Fsp3) is 0.286. The van der Waals surface area contributed by atoms with Crippen molar-refractivity contribution in [2.75, 3.05) is 0 Å². The Hall–Kier alpha value is -1.99. The van der Waals surface area contributed by atoms with Crippen LogP contribution in [-0.2, 0) is 6.18 Å². The summed E-state index contributed by atoms with van der Waals surface area (Å²) in [6, 6.07) is 2.95. The van der Waals surface area contributed by atoms with E-state index in [-0.39, 0.29) is 0 Å². The highest BCUT2D eigenvalue weighted by atomic mass is 19.4. The Labute approximate surface area is 120 Å². The van der Waals surface area contributed by atoms with E-state index in [4.69, 9.17) is 5.84 Å². The molecule has 0 amide bonds. The van der Waals surface area contributed by atoms with Gasteiger partial charge in [-0.3, -0.25) is 5.84 Å². The summed E-state index contributed by atoms with van der Waals surface area (Å²) in [5.74, 6) is 5.92. The first-order valence-corrected chi connectivity index (χ1v) is 6.25. The number of alkyl halides is 3. The zero-order valence-corrected chi connectivity index (χ0v) is 11.6. The molecule has 3 N–H and O–H groups in total. The maximum absolute atomic E-state index is 12.7. The quantitative estimate of drug-likeness (QED) is 0.675. The smallest absolute Gasteiger partial charge is 0.270 e. The van der Waals surface area contributed by atoms with E-state index in [1.807, 2.05) is 6.92 Å². The molecule has 0 radical (unpaired) electrons. The van der Waals surface area contributed by atoms with Crippen LogP contribution in [0.15, 0.2) is 30.6 Å². The van der Waals surface area contributed by atoms with Crippen molar-refractivity contribution >= 4 is 0 Å². The zero-order valence-electron chi connectivity index (χ0n) is 11.6. The van der Waals surface area contributed by atoms with Gasteiger partial charge in [0.15, 0.2) is 5.82 Å². The van der Waals surface area contributed by atoms with Gasteiger partial charge < -0.3 is 0 Å². The van der Waals surface area contributed by atoms with Crippen molar-refractivity contribution in [2.24, 2.45) is 5.84 Å². The molecule has 2 aromatic rings. The van der Waals surface area contributed by atoms with Crippen LogP contribution in [0, 0.1) is 13.8 Å². The normalized spacial score (nSPS) is 13.2. The molecule has 0 aliphatic heterocycles. The Morgan fingerprint density at radius 3 is 2.24 bits per heavy atom. The average Bonchev–Trinajstić information content (AvgIpc) is 2.42. The first kappa shape index (κ1) is 15.4. The van der Waals surface area contributed by atoms with Crippen LogP contribution in [0.4, 0.5) is 13.2 Å². The Morgan fingerprint density at radius 1 is 1.14 bits per heavy atom. The van der Waals surface area contributed by atoms with Gasteiger partial charge in [-0.1, -0.05) is 6.07 Å². The van der Waals surface area contributed by atoms with Crippen molar-refractivity contribution in [1.29, 1.82) is 0 Å². The number of aryl methyl sites for hydroxylation is 2. The molecule has 0 aliphatic carbocycles. The van der Waals surface area contributed by atoms with E-state index < -0.39 is 17.8 Å². The van der Waals surface area contributed by atoms with Crippen LogP contribution >= 0.6 is 0 Å². The van der Waals surface area contributed by atoms with Gasteiger partial charge >= 0.3 is 6.18 Å². The summed E-state index contributed by atoms with van der Waals surface area (Å²) in [5.41, 5.74) is 3.82. The molecule has 1 heterocycles. The van der Waals surface area contributed by atoms with Crippen LogP contribution < -0.4 is 11.3 Å². The number of benzene rings is 1. The fourth-order valence-corrected chi connectivity index (χ4v) is 2.03. The predicted molar refractivity (Wildman–Crippen MR) is 72.1 cm³/mol. The molecule has 0 aliphatic rings. The third-order valence-corrected chi connectivity index (χ3v) is 3.13. The number of nitrogens with zero attached hydrogens (tertiary/aromatic N) is 2. The molecule has 0 saturated heterocycles. The van der Waals surface area contributed by atoms with Gasteiger partial charge in [0.1, 0.15) is 6.04 Å². The number of hydrazine groups is 1. The highest BCUT2D eigenvalue weighted by Crippen LogP contribution is 2.32.